The third-order valence-corrected chi connectivity index (χ3v) is 5.14. The van der Waals surface area contributed by atoms with Gasteiger partial charge in [-0.1, -0.05) is 17.3 Å². The number of hydrogen-bond acceptors (Lipinski definition) is 5. The topological polar surface area (TPSA) is 64.8 Å². The fourth-order valence-corrected chi connectivity index (χ4v) is 3.72. The van der Waals surface area contributed by atoms with E-state index in [2.05, 4.69) is 5.16 Å². The summed E-state index contributed by atoms with van der Waals surface area (Å²) in [5.41, 5.74) is 1.73. The van der Waals surface area contributed by atoms with Crippen LogP contribution in [0.1, 0.15) is 34.9 Å². The summed E-state index contributed by atoms with van der Waals surface area (Å²) in [7, 11) is 3.12. The lowest BCUT2D eigenvalue weighted by molar-refractivity contribution is 0.0725. The van der Waals surface area contributed by atoms with Crippen molar-refractivity contribution >= 4 is 5.91 Å². The number of ether oxygens (including phenoxy) is 2. The quantitative estimate of drug-likeness (QED) is 0.636. The largest absolute Gasteiger partial charge is 0.493 e. The maximum absolute atomic E-state index is 13.6. The number of methoxy groups -OCH3 is 2. The number of amides is 1. The maximum Gasteiger partial charge on any atom is 0.276 e. The van der Waals surface area contributed by atoms with Gasteiger partial charge in [0.2, 0.25) is 0 Å². The molecule has 2 aromatic carbocycles. The number of carbonyl (C=O) groups is 1. The number of likely N-dealkylation sites (tertiary alicyclic amines) is 1. The molecule has 1 aliphatic rings. The van der Waals surface area contributed by atoms with Crippen LogP contribution in [-0.4, -0.2) is 36.7 Å². The van der Waals surface area contributed by atoms with Crippen molar-refractivity contribution in [1.29, 1.82) is 0 Å². The minimum Gasteiger partial charge on any atom is -0.493 e. The molecule has 1 unspecified atom stereocenters. The van der Waals surface area contributed by atoms with Crippen molar-refractivity contribution in [3.8, 4) is 22.8 Å². The Labute approximate surface area is 167 Å². The zero-order valence-corrected chi connectivity index (χ0v) is 16.2. The molecule has 0 N–H and O–H groups in total. The second-order valence-electron chi connectivity index (χ2n) is 6.86. The average Bonchev–Trinajstić information content (AvgIpc) is 3.42. The minimum absolute atomic E-state index is 0.167. The number of benzene rings is 2. The van der Waals surface area contributed by atoms with Gasteiger partial charge in [-0.05, 0) is 48.7 Å². The first-order valence-corrected chi connectivity index (χ1v) is 9.36. The SMILES string of the molecule is COc1ccc(-c2cc(C(=O)N3CCCC3c3cccc(F)c3)no2)cc1OC. The molecule has 0 spiro atoms. The summed E-state index contributed by atoms with van der Waals surface area (Å²) in [6.45, 7) is 0.596. The van der Waals surface area contributed by atoms with Gasteiger partial charge in [0.1, 0.15) is 5.82 Å². The van der Waals surface area contributed by atoms with Crippen LogP contribution >= 0.6 is 0 Å². The number of aromatic nitrogens is 1. The van der Waals surface area contributed by atoms with E-state index in [1.165, 1.54) is 12.1 Å². The zero-order chi connectivity index (χ0) is 20.4. The van der Waals surface area contributed by atoms with Crippen LogP contribution in [0.2, 0.25) is 0 Å². The summed E-state index contributed by atoms with van der Waals surface area (Å²) in [6, 6.07) is 13.2. The molecule has 150 valence electrons. The van der Waals surface area contributed by atoms with E-state index in [0.29, 0.717) is 23.8 Å². The van der Waals surface area contributed by atoms with Crippen LogP contribution < -0.4 is 9.47 Å². The van der Waals surface area contributed by atoms with Crippen molar-refractivity contribution in [3.63, 3.8) is 0 Å². The molecular weight excluding hydrogens is 375 g/mol. The summed E-state index contributed by atoms with van der Waals surface area (Å²) >= 11 is 0. The molecule has 0 radical (unpaired) electrons. The van der Waals surface area contributed by atoms with Crippen molar-refractivity contribution in [3.05, 3.63) is 65.6 Å². The highest BCUT2D eigenvalue weighted by Crippen LogP contribution is 2.35. The Kier molecular flexibility index (Phi) is 5.20. The van der Waals surface area contributed by atoms with Gasteiger partial charge in [-0.15, -0.1) is 0 Å². The highest BCUT2D eigenvalue weighted by Gasteiger charge is 2.32. The van der Waals surface area contributed by atoms with Crippen LogP contribution in [0.15, 0.2) is 53.1 Å². The van der Waals surface area contributed by atoms with Crippen molar-refractivity contribution in [2.24, 2.45) is 0 Å². The Balaban J connectivity index is 1.58. The molecule has 1 aromatic heterocycles. The highest BCUT2D eigenvalue weighted by molar-refractivity contribution is 5.93. The van der Waals surface area contributed by atoms with Gasteiger partial charge in [0.05, 0.1) is 20.3 Å². The molecule has 0 bridgehead atoms. The van der Waals surface area contributed by atoms with Gasteiger partial charge in [0.15, 0.2) is 23.0 Å². The van der Waals surface area contributed by atoms with Crippen molar-refractivity contribution < 1.29 is 23.2 Å². The Hall–Kier alpha value is -3.35. The molecule has 1 saturated heterocycles. The zero-order valence-electron chi connectivity index (χ0n) is 16.2. The first-order chi connectivity index (χ1) is 14.1. The predicted molar refractivity (Wildman–Crippen MR) is 104 cm³/mol. The molecular formula is C22H21FN2O4. The summed E-state index contributed by atoms with van der Waals surface area (Å²) in [4.78, 5) is 14.8. The summed E-state index contributed by atoms with van der Waals surface area (Å²) in [5, 5.41) is 3.97. The smallest absolute Gasteiger partial charge is 0.276 e. The van der Waals surface area contributed by atoms with E-state index in [-0.39, 0.29) is 23.5 Å². The van der Waals surface area contributed by atoms with Gasteiger partial charge in [-0.25, -0.2) is 4.39 Å². The normalized spacial score (nSPS) is 16.1. The third kappa shape index (κ3) is 3.68. The number of nitrogens with zero attached hydrogens (tertiary/aromatic N) is 2. The van der Waals surface area contributed by atoms with E-state index in [9.17, 15) is 9.18 Å². The second-order valence-corrected chi connectivity index (χ2v) is 6.86. The van der Waals surface area contributed by atoms with E-state index in [4.69, 9.17) is 14.0 Å². The standard InChI is InChI=1S/C22H21FN2O4/c1-27-19-9-8-15(12-21(19)28-2)20-13-17(24-29-20)22(26)25-10-4-7-18(25)14-5-3-6-16(23)11-14/h3,5-6,8-9,11-13,18H,4,7,10H2,1-2H3. The van der Waals surface area contributed by atoms with Gasteiger partial charge in [-0.2, -0.15) is 0 Å². The monoisotopic (exact) mass is 396 g/mol. The first-order valence-electron chi connectivity index (χ1n) is 9.36. The molecule has 0 saturated carbocycles. The van der Waals surface area contributed by atoms with Gasteiger partial charge in [-0.3, -0.25) is 4.79 Å². The molecule has 0 aliphatic carbocycles. The number of rotatable bonds is 5. The van der Waals surface area contributed by atoms with Crippen molar-refractivity contribution in [2.45, 2.75) is 18.9 Å². The van der Waals surface area contributed by atoms with Crippen molar-refractivity contribution in [1.82, 2.24) is 10.1 Å². The van der Waals surface area contributed by atoms with Crippen LogP contribution in [0, 0.1) is 5.82 Å². The summed E-state index contributed by atoms with van der Waals surface area (Å²) in [5.74, 6) is 1.07. The molecule has 2 heterocycles. The molecule has 6 nitrogen and oxygen atoms in total. The lowest BCUT2D eigenvalue weighted by Crippen LogP contribution is -2.30. The fraction of sp³-hybridized carbons (Fsp3) is 0.273. The number of hydrogen-bond donors (Lipinski definition) is 0. The molecule has 1 amide bonds. The second kappa shape index (κ2) is 7.95. The first kappa shape index (κ1) is 19.0. The molecule has 29 heavy (non-hydrogen) atoms. The van der Waals surface area contributed by atoms with Crippen LogP contribution in [0.5, 0.6) is 11.5 Å². The maximum atomic E-state index is 13.6. The predicted octanol–water partition coefficient (Wildman–Crippen LogP) is 4.48. The summed E-state index contributed by atoms with van der Waals surface area (Å²) in [6.07, 6.45) is 1.64. The Morgan fingerprint density at radius 1 is 1.14 bits per heavy atom. The average molecular weight is 396 g/mol. The Morgan fingerprint density at radius 2 is 1.97 bits per heavy atom. The molecule has 7 heteroatoms. The van der Waals surface area contributed by atoms with Gasteiger partial charge >= 0.3 is 0 Å². The Morgan fingerprint density at radius 3 is 2.72 bits per heavy atom. The van der Waals surface area contributed by atoms with Gasteiger partial charge < -0.3 is 18.9 Å². The molecule has 4 rings (SSSR count). The van der Waals surface area contributed by atoms with E-state index in [1.807, 2.05) is 12.1 Å². The highest BCUT2D eigenvalue weighted by atomic mass is 19.1. The van der Waals surface area contributed by atoms with E-state index < -0.39 is 0 Å². The van der Waals surface area contributed by atoms with Crippen LogP contribution in [0.4, 0.5) is 4.39 Å². The van der Waals surface area contributed by atoms with Crippen LogP contribution in [0.3, 0.4) is 0 Å². The van der Waals surface area contributed by atoms with E-state index in [0.717, 1.165) is 24.0 Å². The lowest BCUT2D eigenvalue weighted by atomic mass is 10.0. The third-order valence-electron chi connectivity index (χ3n) is 5.14. The summed E-state index contributed by atoms with van der Waals surface area (Å²) < 4.78 is 29.6. The molecule has 1 atom stereocenters. The number of halogens is 1. The molecule has 1 fully saturated rings. The fourth-order valence-electron chi connectivity index (χ4n) is 3.72. The Bertz CT molecular complexity index is 1030. The van der Waals surface area contributed by atoms with Crippen LogP contribution in [0.25, 0.3) is 11.3 Å². The van der Waals surface area contributed by atoms with Gasteiger partial charge in [0, 0.05) is 18.2 Å². The lowest BCUT2D eigenvalue weighted by Gasteiger charge is -2.24. The number of carbonyl (C=O) groups excluding carboxylic acids is 1. The molecule has 1 aliphatic heterocycles. The van der Waals surface area contributed by atoms with E-state index in [1.54, 1.807) is 43.4 Å². The van der Waals surface area contributed by atoms with Gasteiger partial charge in [0.25, 0.3) is 5.91 Å². The molecule has 3 aromatic rings. The minimum atomic E-state index is -0.307. The van der Waals surface area contributed by atoms with E-state index >= 15 is 0 Å². The van der Waals surface area contributed by atoms with Crippen molar-refractivity contribution in [2.75, 3.05) is 20.8 Å². The van der Waals surface area contributed by atoms with Crippen LogP contribution in [-0.2, 0) is 0 Å².